The van der Waals surface area contributed by atoms with Gasteiger partial charge in [0.1, 0.15) is 22.8 Å². The summed E-state index contributed by atoms with van der Waals surface area (Å²) in [5.41, 5.74) is 2.60. The van der Waals surface area contributed by atoms with Crippen LogP contribution < -0.4 is 14.8 Å². The number of nitrogens with zero attached hydrogens (tertiary/aromatic N) is 1. The molecule has 1 aromatic heterocycles. The van der Waals surface area contributed by atoms with E-state index in [1.54, 1.807) is 7.11 Å². The van der Waals surface area contributed by atoms with E-state index in [9.17, 15) is 0 Å². The summed E-state index contributed by atoms with van der Waals surface area (Å²) in [4.78, 5) is 4.88. The highest BCUT2D eigenvalue weighted by Crippen LogP contribution is 2.25. The Morgan fingerprint density at radius 2 is 1.55 bits per heavy atom. The molecule has 0 bridgehead atoms. The quantitative estimate of drug-likeness (QED) is 0.415. The summed E-state index contributed by atoms with van der Waals surface area (Å²) >= 11 is 0. The second kappa shape index (κ2) is 8.23. The highest BCUT2D eigenvalue weighted by atomic mass is 16.5. The minimum absolute atomic E-state index is 0.137. The fraction of sp³-hybridized carbons (Fsp3) is 0.160. The normalized spacial score (nSPS) is 11.8. The van der Waals surface area contributed by atoms with Crippen molar-refractivity contribution < 1.29 is 13.9 Å². The molecular weight excluding hydrogens is 362 g/mol. The minimum atomic E-state index is 0.137. The molecule has 0 aliphatic rings. The molecule has 0 atom stereocenters. The molecular formula is C25H23NO3. The molecule has 29 heavy (non-hydrogen) atoms. The highest BCUT2D eigenvalue weighted by molar-refractivity contribution is 5.80. The number of methoxy groups -OCH3 is 1. The molecule has 0 saturated heterocycles. The Bertz CT molecular complexity index is 1180. The molecule has 0 radical (unpaired) electrons. The Morgan fingerprint density at radius 3 is 2.24 bits per heavy atom. The average molecular weight is 385 g/mol. The van der Waals surface area contributed by atoms with Crippen molar-refractivity contribution in [2.75, 3.05) is 7.11 Å². The summed E-state index contributed by atoms with van der Waals surface area (Å²) in [6.45, 7) is 4.02. The Hall–Kier alpha value is -3.53. The molecule has 4 rings (SSSR count). The zero-order chi connectivity index (χ0) is 20.2. The van der Waals surface area contributed by atoms with Gasteiger partial charge in [-0.25, -0.2) is 4.99 Å². The van der Waals surface area contributed by atoms with Gasteiger partial charge in [0.2, 0.25) is 0 Å². The van der Waals surface area contributed by atoms with E-state index in [2.05, 4.69) is 0 Å². The third kappa shape index (κ3) is 4.32. The first-order valence-electron chi connectivity index (χ1n) is 9.61. The summed E-state index contributed by atoms with van der Waals surface area (Å²) in [6.07, 6.45) is 0.137. The third-order valence-electron chi connectivity index (χ3n) is 4.47. The van der Waals surface area contributed by atoms with E-state index >= 15 is 0 Å². The van der Waals surface area contributed by atoms with Crippen molar-refractivity contribution in [1.82, 2.24) is 0 Å². The van der Waals surface area contributed by atoms with Crippen molar-refractivity contribution in [2.24, 2.45) is 4.99 Å². The molecule has 3 aromatic carbocycles. The second-order valence-corrected chi connectivity index (χ2v) is 7.00. The molecule has 0 saturated carbocycles. The maximum Gasteiger partial charge on any atom is 0.137 e. The van der Waals surface area contributed by atoms with Gasteiger partial charge < -0.3 is 13.9 Å². The topological polar surface area (TPSA) is 44.0 Å². The van der Waals surface area contributed by atoms with E-state index in [0.717, 1.165) is 44.8 Å². The van der Waals surface area contributed by atoms with Gasteiger partial charge in [-0.1, -0.05) is 30.3 Å². The largest absolute Gasteiger partial charge is 0.497 e. The average Bonchev–Trinajstić information content (AvgIpc) is 2.75. The maximum atomic E-state index is 6.15. The van der Waals surface area contributed by atoms with Crippen LogP contribution in [-0.2, 0) is 0 Å². The van der Waals surface area contributed by atoms with Crippen molar-refractivity contribution in [1.29, 1.82) is 0 Å². The first-order valence-corrected chi connectivity index (χ1v) is 9.61. The van der Waals surface area contributed by atoms with E-state index in [-0.39, 0.29) is 6.10 Å². The van der Waals surface area contributed by atoms with Crippen LogP contribution in [0.4, 0.5) is 5.69 Å². The van der Waals surface area contributed by atoms with Crippen molar-refractivity contribution in [3.8, 4) is 22.8 Å². The van der Waals surface area contributed by atoms with E-state index in [0.29, 0.717) is 0 Å². The van der Waals surface area contributed by atoms with Gasteiger partial charge >= 0.3 is 0 Å². The number of rotatable bonds is 5. The van der Waals surface area contributed by atoms with Gasteiger partial charge in [0.05, 0.1) is 24.3 Å². The van der Waals surface area contributed by atoms with Crippen LogP contribution in [0.15, 0.2) is 88.3 Å². The standard InChI is InChI=1S/C25H23NO3/c1-17(2)28-20-11-9-19(10-12-20)26-23-16-25(18-7-5-4-6-8-18)29-24-14-13-21(27-3)15-22(23)24/h4-17H,1-3H3. The monoisotopic (exact) mass is 385 g/mol. The summed E-state index contributed by atoms with van der Waals surface area (Å²) < 4.78 is 17.3. The van der Waals surface area contributed by atoms with Crippen LogP contribution in [0.3, 0.4) is 0 Å². The van der Waals surface area contributed by atoms with Crippen LogP contribution in [0.2, 0.25) is 0 Å². The van der Waals surface area contributed by atoms with Crippen molar-refractivity contribution in [3.63, 3.8) is 0 Å². The molecule has 4 nitrogen and oxygen atoms in total. The molecule has 0 aliphatic carbocycles. The Labute approximate surface area is 170 Å². The predicted octanol–water partition coefficient (Wildman–Crippen LogP) is 6.13. The molecule has 4 aromatic rings. The van der Waals surface area contributed by atoms with E-state index in [1.807, 2.05) is 92.7 Å². The van der Waals surface area contributed by atoms with Crippen LogP contribution in [-0.4, -0.2) is 13.2 Å². The minimum Gasteiger partial charge on any atom is -0.497 e. The van der Waals surface area contributed by atoms with Gasteiger partial charge in [-0.3, -0.25) is 0 Å². The molecule has 4 heteroatoms. The van der Waals surface area contributed by atoms with Crippen LogP contribution >= 0.6 is 0 Å². The Morgan fingerprint density at radius 1 is 0.828 bits per heavy atom. The smallest absolute Gasteiger partial charge is 0.137 e. The molecule has 1 heterocycles. The number of fused-ring (bicyclic) bond motifs is 1. The zero-order valence-electron chi connectivity index (χ0n) is 16.8. The predicted molar refractivity (Wildman–Crippen MR) is 116 cm³/mol. The lowest BCUT2D eigenvalue weighted by molar-refractivity contribution is 0.242. The van der Waals surface area contributed by atoms with Crippen molar-refractivity contribution in [2.45, 2.75) is 20.0 Å². The summed E-state index contributed by atoms with van der Waals surface area (Å²) in [5, 5.41) is 1.72. The van der Waals surface area contributed by atoms with E-state index in [1.165, 1.54) is 0 Å². The lowest BCUT2D eigenvalue weighted by Crippen LogP contribution is -2.05. The zero-order valence-corrected chi connectivity index (χ0v) is 16.8. The van der Waals surface area contributed by atoms with E-state index < -0.39 is 0 Å². The number of benzene rings is 3. The van der Waals surface area contributed by atoms with E-state index in [4.69, 9.17) is 18.9 Å². The lowest BCUT2D eigenvalue weighted by atomic mass is 10.1. The third-order valence-corrected chi connectivity index (χ3v) is 4.47. The molecule has 0 fully saturated rings. The van der Waals surface area contributed by atoms with Crippen LogP contribution in [0.5, 0.6) is 11.5 Å². The van der Waals surface area contributed by atoms with Gasteiger partial charge in [0.15, 0.2) is 0 Å². The molecule has 146 valence electrons. The van der Waals surface area contributed by atoms with Gasteiger partial charge in [0.25, 0.3) is 0 Å². The first-order chi connectivity index (χ1) is 14.1. The maximum absolute atomic E-state index is 6.15. The summed E-state index contributed by atoms with van der Waals surface area (Å²) in [7, 11) is 1.65. The van der Waals surface area contributed by atoms with Gasteiger partial charge in [-0.15, -0.1) is 0 Å². The molecule has 0 N–H and O–H groups in total. The second-order valence-electron chi connectivity index (χ2n) is 7.00. The number of hydrogen-bond donors (Lipinski definition) is 0. The van der Waals surface area contributed by atoms with Crippen LogP contribution in [0, 0.1) is 0 Å². The number of hydrogen-bond acceptors (Lipinski definition) is 4. The first kappa shape index (κ1) is 18.8. The van der Waals surface area contributed by atoms with Crippen LogP contribution in [0.1, 0.15) is 13.8 Å². The molecule has 0 spiro atoms. The highest BCUT2D eigenvalue weighted by Gasteiger charge is 2.07. The fourth-order valence-electron chi connectivity index (χ4n) is 3.12. The Balaban J connectivity index is 1.87. The molecule has 0 unspecified atom stereocenters. The SMILES string of the molecule is COc1ccc2oc(-c3ccccc3)cc(=Nc3ccc(OC(C)C)cc3)c2c1. The van der Waals surface area contributed by atoms with Gasteiger partial charge in [-0.2, -0.15) is 0 Å². The van der Waals surface area contributed by atoms with Crippen molar-refractivity contribution in [3.05, 3.63) is 84.2 Å². The lowest BCUT2D eigenvalue weighted by Gasteiger charge is -2.09. The van der Waals surface area contributed by atoms with Gasteiger partial charge in [0, 0.05) is 17.0 Å². The summed E-state index contributed by atoms with van der Waals surface area (Å²) in [5.74, 6) is 2.36. The van der Waals surface area contributed by atoms with Crippen LogP contribution in [0.25, 0.3) is 22.3 Å². The van der Waals surface area contributed by atoms with Crippen molar-refractivity contribution >= 4 is 16.7 Å². The number of ether oxygens (including phenoxy) is 2. The molecule has 0 aliphatic heterocycles. The fourth-order valence-corrected chi connectivity index (χ4v) is 3.12. The Kier molecular flexibility index (Phi) is 5.34. The molecule has 0 amide bonds. The van der Waals surface area contributed by atoms with Gasteiger partial charge in [-0.05, 0) is 56.3 Å². The summed E-state index contributed by atoms with van der Waals surface area (Å²) in [6, 6.07) is 25.5.